The third-order valence-corrected chi connectivity index (χ3v) is 4.55. The molecule has 0 aliphatic carbocycles. The molecule has 92 valence electrons. The fourth-order valence-corrected chi connectivity index (χ4v) is 3.58. The highest BCUT2D eigenvalue weighted by Crippen LogP contribution is 2.24. The Labute approximate surface area is 108 Å². The van der Waals surface area contributed by atoms with E-state index in [1.807, 2.05) is 0 Å². The predicted molar refractivity (Wildman–Crippen MR) is 68.8 cm³/mol. The van der Waals surface area contributed by atoms with Gasteiger partial charge in [0.25, 0.3) is 5.56 Å². The number of thiazole rings is 1. The van der Waals surface area contributed by atoms with Gasteiger partial charge in [-0.15, -0.1) is 0 Å². The Morgan fingerprint density at radius 2 is 2.28 bits per heavy atom. The zero-order chi connectivity index (χ0) is 12.7. The molecule has 0 bridgehead atoms. The Hall–Kier alpha value is -1.80. The molecule has 1 aliphatic heterocycles. The quantitative estimate of drug-likeness (QED) is 0.588. The average molecular weight is 281 g/mol. The first-order valence-electron chi connectivity index (χ1n) is 5.15. The maximum atomic E-state index is 12.0. The first-order chi connectivity index (χ1) is 8.65. The van der Waals surface area contributed by atoms with Crippen molar-refractivity contribution >= 4 is 33.8 Å². The van der Waals surface area contributed by atoms with Crippen molar-refractivity contribution in [3.8, 4) is 0 Å². The fourth-order valence-electron chi connectivity index (χ4n) is 1.72. The molecule has 6 nitrogen and oxygen atoms in total. The zero-order valence-corrected chi connectivity index (χ0v) is 10.7. The highest BCUT2D eigenvalue weighted by Gasteiger charge is 2.11. The lowest BCUT2D eigenvalue weighted by molar-refractivity contribution is -0.380. The van der Waals surface area contributed by atoms with Crippen LogP contribution in [0.4, 0.5) is 5.00 Å². The van der Waals surface area contributed by atoms with E-state index in [0.29, 0.717) is 22.5 Å². The molecular weight excluding hydrogens is 274 g/mol. The van der Waals surface area contributed by atoms with Crippen molar-refractivity contribution in [2.45, 2.75) is 6.54 Å². The van der Waals surface area contributed by atoms with Gasteiger partial charge >= 0.3 is 5.00 Å². The van der Waals surface area contributed by atoms with Crippen LogP contribution in [0.15, 0.2) is 21.9 Å². The number of hydrogen-bond donors (Lipinski definition) is 0. The number of nitro groups is 1. The van der Waals surface area contributed by atoms with Crippen LogP contribution in [0.1, 0.15) is 4.88 Å². The van der Waals surface area contributed by atoms with Gasteiger partial charge in [0.2, 0.25) is 0 Å². The van der Waals surface area contributed by atoms with E-state index in [0.717, 1.165) is 16.1 Å². The van der Waals surface area contributed by atoms with Gasteiger partial charge in [-0.25, -0.2) is 0 Å². The number of fused-ring (bicyclic) bond motifs is 1. The summed E-state index contributed by atoms with van der Waals surface area (Å²) in [4.78, 5) is 27.8. The van der Waals surface area contributed by atoms with Crippen molar-refractivity contribution < 1.29 is 4.92 Å². The summed E-state index contributed by atoms with van der Waals surface area (Å²) in [6.07, 6.45) is 1.69. The van der Waals surface area contributed by atoms with Crippen LogP contribution in [-0.4, -0.2) is 16.0 Å². The molecule has 2 aromatic heterocycles. The van der Waals surface area contributed by atoms with E-state index in [1.54, 1.807) is 16.7 Å². The Morgan fingerprint density at radius 1 is 1.44 bits per heavy atom. The van der Waals surface area contributed by atoms with Gasteiger partial charge in [-0.1, -0.05) is 22.7 Å². The van der Waals surface area contributed by atoms with Crippen molar-refractivity contribution in [2.75, 3.05) is 6.54 Å². The summed E-state index contributed by atoms with van der Waals surface area (Å²) in [5, 5.41) is 10.6. The number of thiophene rings is 1. The van der Waals surface area contributed by atoms with Crippen molar-refractivity contribution in [1.82, 2.24) is 4.57 Å². The van der Waals surface area contributed by atoms with Crippen LogP contribution in [-0.2, 0) is 6.54 Å². The highest BCUT2D eigenvalue weighted by molar-refractivity contribution is 7.16. The van der Waals surface area contributed by atoms with E-state index in [-0.39, 0.29) is 10.6 Å². The lowest BCUT2D eigenvalue weighted by Crippen LogP contribution is -2.29. The smallest absolute Gasteiger partial charge is 0.282 e. The van der Waals surface area contributed by atoms with E-state index in [9.17, 15) is 14.9 Å². The number of hydrogen-bond acceptors (Lipinski definition) is 6. The van der Waals surface area contributed by atoms with E-state index < -0.39 is 4.92 Å². The summed E-state index contributed by atoms with van der Waals surface area (Å²) in [7, 11) is 0. The second-order valence-electron chi connectivity index (χ2n) is 3.66. The summed E-state index contributed by atoms with van der Waals surface area (Å²) in [5.41, 5.74) is -0.0627. The molecule has 3 rings (SSSR count). The fraction of sp³-hybridized carbons (Fsp3) is 0.200. The van der Waals surface area contributed by atoms with Crippen LogP contribution in [0.25, 0.3) is 6.08 Å². The molecule has 18 heavy (non-hydrogen) atoms. The Bertz CT molecular complexity index is 799. The molecule has 3 heterocycles. The van der Waals surface area contributed by atoms with Crippen LogP contribution in [0, 0.1) is 10.1 Å². The third kappa shape index (κ3) is 1.79. The van der Waals surface area contributed by atoms with Crippen LogP contribution in [0.3, 0.4) is 0 Å². The molecule has 2 aromatic rings. The second kappa shape index (κ2) is 4.14. The van der Waals surface area contributed by atoms with Gasteiger partial charge in [-0.3, -0.25) is 24.5 Å². The minimum Gasteiger partial charge on any atom is -0.282 e. The monoisotopic (exact) mass is 281 g/mol. The predicted octanol–water partition coefficient (Wildman–Crippen LogP) is 0.341. The second-order valence-corrected chi connectivity index (χ2v) is 5.77. The summed E-state index contributed by atoms with van der Waals surface area (Å²) >= 11 is 2.38. The lowest BCUT2D eigenvalue weighted by atomic mass is 10.4. The molecule has 0 unspecified atom stereocenters. The molecule has 1 aliphatic rings. The highest BCUT2D eigenvalue weighted by atomic mass is 32.1. The molecule has 0 saturated carbocycles. The van der Waals surface area contributed by atoms with E-state index in [4.69, 9.17) is 0 Å². The van der Waals surface area contributed by atoms with Gasteiger partial charge in [0.05, 0.1) is 16.0 Å². The zero-order valence-electron chi connectivity index (χ0n) is 9.03. The molecule has 0 aromatic carbocycles. The van der Waals surface area contributed by atoms with Crippen molar-refractivity contribution in [3.63, 3.8) is 0 Å². The first-order valence-corrected chi connectivity index (χ1v) is 6.78. The van der Waals surface area contributed by atoms with Crippen molar-refractivity contribution in [1.29, 1.82) is 0 Å². The standard InChI is InChI=1S/C10H7N3O3S2/c14-9-7(18-10-11-3-4-12(9)10)5-6-1-2-8(17-6)13(15)16/h1-2,5H,3-4H2/b7-5+. The van der Waals surface area contributed by atoms with E-state index in [1.165, 1.54) is 17.4 Å². The van der Waals surface area contributed by atoms with Gasteiger partial charge in [0.1, 0.15) is 0 Å². The topological polar surface area (TPSA) is 77.5 Å². The van der Waals surface area contributed by atoms with Gasteiger partial charge in [-0.2, -0.15) is 0 Å². The first kappa shape index (κ1) is 11.3. The van der Waals surface area contributed by atoms with Crippen LogP contribution in [0.2, 0.25) is 0 Å². The number of aromatic nitrogens is 1. The molecule has 0 atom stereocenters. The maximum absolute atomic E-state index is 12.0. The molecule has 0 radical (unpaired) electrons. The van der Waals surface area contributed by atoms with Crippen molar-refractivity contribution in [2.24, 2.45) is 4.99 Å². The van der Waals surface area contributed by atoms with Gasteiger partial charge < -0.3 is 0 Å². The molecule has 0 amide bonds. The summed E-state index contributed by atoms with van der Waals surface area (Å²) in [6.45, 7) is 1.29. The third-order valence-electron chi connectivity index (χ3n) is 2.52. The maximum Gasteiger partial charge on any atom is 0.324 e. The minimum absolute atomic E-state index is 0.0627. The largest absolute Gasteiger partial charge is 0.324 e. The molecule has 0 N–H and O–H groups in total. The van der Waals surface area contributed by atoms with E-state index >= 15 is 0 Å². The average Bonchev–Trinajstić information content (AvgIpc) is 2.99. The van der Waals surface area contributed by atoms with Crippen LogP contribution < -0.4 is 14.9 Å². The minimum atomic E-state index is -0.432. The molecular formula is C10H7N3O3S2. The summed E-state index contributed by atoms with van der Waals surface area (Å²) in [6, 6.07) is 3.09. The molecule has 8 heteroatoms. The van der Waals surface area contributed by atoms with Crippen LogP contribution >= 0.6 is 22.7 Å². The molecule has 0 fully saturated rings. The molecule has 0 saturated heterocycles. The van der Waals surface area contributed by atoms with Gasteiger partial charge in [0, 0.05) is 17.5 Å². The summed E-state index contributed by atoms with van der Waals surface area (Å²) in [5.74, 6) is 0. The number of rotatable bonds is 2. The normalized spacial score (nSPS) is 14.6. The van der Waals surface area contributed by atoms with Gasteiger partial charge in [-0.05, 0) is 12.1 Å². The summed E-state index contributed by atoms with van der Waals surface area (Å²) < 4.78 is 2.21. The van der Waals surface area contributed by atoms with Gasteiger partial charge in [0.15, 0.2) is 4.80 Å². The SMILES string of the molecule is O=c1/c(=C\c2ccc([N+](=O)[O-])s2)sc2n1CCN=2. The Kier molecular flexibility index (Phi) is 2.60. The Balaban J connectivity index is 2.12. The van der Waals surface area contributed by atoms with Crippen molar-refractivity contribution in [3.05, 3.63) is 46.8 Å². The number of nitrogens with zero attached hydrogens (tertiary/aromatic N) is 3. The van der Waals surface area contributed by atoms with E-state index in [2.05, 4.69) is 4.99 Å². The van der Waals surface area contributed by atoms with Crippen LogP contribution in [0.5, 0.6) is 0 Å². The molecule has 0 spiro atoms. The Morgan fingerprint density at radius 3 is 2.94 bits per heavy atom. The lowest BCUT2D eigenvalue weighted by Gasteiger charge is -1.85.